The van der Waals surface area contributed by atoms with E-state index in [1.165, 1.54) is 0 Å². The summed E-state index contributed by atoms with van der Waals surface area (Å²) in [5.74, 6) is 1.55. The molecule has 0 heterocycles. The van der Waals surface area contributed by atoms with Crippen molar-refractivity contribution in [3.8, 4) is 11.5 Å². The molecule has 1 rings (SSSR count). The lowest BCUT2D eigenvalue weighted by atomic mass is 10.1. The molecule has 5 nitrogen and oxygen atoms in total. The predicted octanol–water partition coefficient (Wildman–Crippen LogP) is 2.39. The number of nitrogens with one attached hydrogen (secondary N) is 1. The first kappa shape index (κ1) is 20.5. The molecule has 0 saturated carbocycles. The van der Waals surface area contributed by atoms with E-state index in [-0.39, 0.29) is 18.3 Å². The predicted molar refractivity (Wildman–Crippen MR) is 91.2 cm³/mol. The van der Waals surface area contributed by atoms with E-state index in [9.17, 15) is 4.79 Å². The molecule has 1 aromatic rings. The van der Waals surface area contributed by atoms with E-state index in [0.29, 0.717) is 24.5 Å². The number of hydrogen-bond acceptors (Lipinski definition) is 4. The maximum atomic E-state index is 12.1. The number of benzene rings is 1. The van der Waals surface area contributed by atoms with E-state index in [2.05, 4.69) is 5.32 Å². The number of aryl methyl sites for hydroxylation is 1. The fourth-order valence-electron chi connectivity index (χ4n) is 2.14. The number of nitrogens with zero attached hydrogens (tertiary/aromatic N) is 1. The van der Waals surface area contributed by atoms with Crippen LogP contribution < -0.4 is 14.8 Å². The number of rotatable bonds is 8. The minimum absolute atomic E-state index is 0. The Morgan fingerprint density at radius 3 is 2.36 bits per heavy atom. The Morgan fingerprint density at radius 2 is 1.82 bits per heavy atom. The van der Waals surface area contributed by atoms with Crippen molar-refractivity contribution >= 4 is 18.3 Å². The van der Waals surface area contributed by atoms with Crippen LogP contribution in [0.15, 0.2) is 12.1 Å². The molecule has 1 N–H and O–H groups in total. The molecule has 126 valence electrons. The number of amides is 1. The van der Waals surface area contributed by atoms with Gasteiger partial charge in [-0.1, -0.05) is 0 Å². The first-order chi connectivity index (χ1) is 10.0. The molecule has 0 atom stereocenters. The second-order valence-corrected chi connectivity index (χ2v) is 5.09. The number of carbonyl (C=O) groups excluding carboxylic acids is 1. The quantitative estimate of drug-likeness (QED) is 0.744. The van der Waals surface area contributed by atoms with Gasteiger partial charge in [-0.15, -0.1) is 12.4 Å². The molecular weight excluding hydrogens is 304 g/mol. The summed E-state index contributed by atoms with van der Waals surface area (Å²) < 4.78 is 10.6. The molecular formula is C16H27ClN2O3. The monoisotopic (exact) mass is 330 g/mol. The van der Waals surface area contributed by atoms with E-state index in [1.807, 2.05) is 33.2 Å². The molecule has 0 unspecified atom stereocenters. The van der Waals surface area contributed by atoms with Gasteiger partial charge in [0.05, 0.1) is 14.2 Å². The number of methoxy groups -OCH3 is 2. The highest BCUT2D eigenvalue weighted by Gasteiger charge is 2.13. The zero-order valence-corrected chi connectivity index (χ0v) is 14.9. The summed E-state index contributed by atoms with van der Waals surface area (Å²) in [6.45, 7) is 3.44. The minimum Gasteiger partial charge on any atom is -0.493 e. The van der Waals surface area contributed by atoms with Crippen LogP contribution in [0.2, 0.25) is 0 Å². The topological polar surface area (TPSA) is 50.8 Å². The van der Waals surface area contributed by atoms with Gasteiger partial charge in [0, 0.05) is 20.0 Å². The molecule has 0 radical (unpaired) electrons. The van der Waals surface area contributed by atoms with Gasteiger partial charge in [-0.2, -0.15) is 0 Å². The van der Waals surface area contributed by atoms with Gasteiger partial charge >= 0.3 is 0 Å². The van der Waals surface area contributed by atoms with Crippen LogP contribution in [0.5, 0.6) is 11.5 Å². The Hall–Kier alpha value is -1.46. The lowest BCUT2D eigenvalue weighted by molar-refractivity contribution is -0.130. The number of hydrogen-bond donors (Lipinski definition) is 1. The molecule has 0 fully saturated rings. The summed E-state index contributed by atoms with van der Waals surface area (Å²) in [6, 6.07) is 3.87. The van der Waals surface area contributed by atoms with Crippen molar-refractivity contribution in [1.29, 1.82) is 0 Å². The van der Waals surface area contributed by atoms with Crippen LogP contribution in [0.4, 0.5) is 0 Å². The minimum atomic E-state index is 0. The molecule has 6 heteroatoms. The Morgan fingerprint density at radius 1 is 1.23 bits per heavy atom. The maximum Gasteiger partial charge on any atom is 0.222 e. The van der Waals surface area contributed by atoms with Gasteiger partial charge in [0.1, 0.15) is 0 Å². The second-order valence-electron chi connectivity index (χ2n) is 5.09. The van der Waals surface area contributed by atoms with Gasteiger partial charge in [-0.25, -0.2) is 0 Å². The molecule has 1 aromatic carbocycles. The molecule has 0 bridgehead atoms. The zero-order chi connectivity index (χ0) is 15.8. The third-order valence-electron chi connectivity index (χ3n) is 3.49. The molecule has 0 aliphatic carbocycles. The van der Waals surface area contributed by atoms with Crippen LogP contribution in [0.1, 0.15) is 24.0 Å². The number of ether oxygens (including phenoxy) is 2. The summed E-state index contributed by atoms with van der Waals surface area (Å²) in [5, 5.41) is 3.05. The van der Waals surface area contributed by atoms with E-state index in [0.717, 1.165) is 24.1 Å². The standard InChI is InChI=1S/C16H26N2O3.ClH/c1-12-9-14(20-4)15(21-5)10-13(12)11-18(3)16(19)7-6-8-17-2;/h9-10,17H,6-8,11H2,1-5H3;1H. The van der Waals surface area contributed by atoms with E-state index in [4.69, 9.17) is 9.47 Å². The van der Waals surface area contributed by atoms with Gasteiger partial charge in [0.2, 0.25) is 5.91 Å². The van der Waals surface area contributed by atoms with Crippen molar-refractivity contribution in [3.05, 3.63) is 23.3 Å². The van der Waals surface area contributed by atoms with Crippen LogP contribution >= 0.6 is 12.4 Å². The summed E-state index contributed by atoms with van der Waals surface area (Å²) in [6.07, 6.45) is 1.41. The van der Waals surface area contributed by atoms with Gasteiger partial charge < -0.3 is 19.7 Å². The van der Waals surface area contributed by atoms with E-state index in [1.54, 1.807) is 19.1 Å². The molecule has 0 aliphatic heterocycles. The summed E-state index contributed by atoms with van der Waals surface area (Å²) >= 11 is 0. The first-order valence-corrected chi connectivity index (χ1v) is 7.13. The first-order valence-electron chi connectivity index (χ1n) is 7.13. The molecule has 22 heavy (non-hydrogen) atoms. The SMILES string of the molecule is CNCCCC(=O)N(C)Cc1cc(OC)c(OC)cc1C.Cl. The van der Waals surface area contributed by atoms with E-state index < -0.39 is 0 Å². The lowest BCUT2D eigenvalue weighted by Gasteiger charge is -2.20. The summed E-state index contributed by atoms with van der Waals surface area (Å²) in [5.41, 5.74) is 2.15. The highest BCUT2D eigenvalue weighted by Crippen LogP contribution is 2.30. The van der Waals surface area contributed by atoms with Crippen LogP contribution in [0, 0.1) is 6.92 Å². The van der Waals surface area contributed by atoms with E-state index >= 15 is 0 Å². The van der Waals surface area contributed by atoms with Crippen LogP contribution in [-0.2, 0) is 11.3 Å². The average molecular weight is 331 g/mol. The molecule has 0 aliphatic rings. The van der Waals surface area contributed by atoms with Crippen molar-refractivity contribution in [3.63, 3.8) is 0 Å². The summed E-state index contributed by atoms with van der Waals surface area (Å²) in [7, 11) is 6.96. The fraction of sp³-hybridized carbons (Fsp3) is 0.562. The second kappa shape index (κ2) is 10.3. The van der Waals surface area contributed by atoms with Crippen LogP contribution in [0.3, 0.4) is 0 Å². The molecule has 1 amide bonds. The molecule has 0 spiro atoms. The van der Waals surface area contributed by atoms with Gasteiger partial charge in [0.15, 0.2) is 11.5 Å². The van der Waals surface area contributed by atoms with Crippen molar-refractivity contribution in [2.24, 2.45) is 0 Å². The Balaban J connectivity index is 0.00000441. The Kier molecular flexibility index (Phi) is 9.61. The third kappa shape index (κ3) is 5.73. The van der Waals surface area contributed by atoms with Crippen LogP contribution in [-0.4, -0.2) is 45.7 Å². The van der Waals surface area contributed by atoms with Crippen LogP contribution in [0.25, 0.3) is 0 Å². The largest absolute Gasteiger partial charge is 0.493 e. The normalized spacial score (nSPS) is 9.86. The number of carbonyl (C=O) groups is 1. The molecule has 0 aromatic heterocycles. The average Bonchev–Trinajstić information content (AvgIpc) is 2.48. The van der Waals surface area contributed by atoms with Crippen molar-refractivity contribution in [1.82, 2.24) is 10.2 Å². The molecule has 0 saturated heterocycles. The van der Waals surface area contributed by atoms with Crippen molar-refractivity contribution in [2.45, 2.75) is 26.3 Å². The highest BCUT2D eigenvalue weighted by atomic mass is 35.5. The van der Waals surface area contributed by atoms with Gasteiger partial charge in [-0.05, 0) is 50.2 Å². The van der Waals surface area contributed by atoms with Crippen molar-refractivity contribution < 1.29 is 14.3 Å². The zero-order valence-electron chi connectivity index (χ0n) is 14.1. The Labute approximate surface area is 139 Å². The van der Waals surface area contributed by atoms with Gasteiger partial charge in [0.25, 0.3) is 0 Å². The highest BCUT2D eigenvalue weighted by molar-refractivity contribution is 5.85. The lowest BCUT2D eigenvalue weighted by Crippen LogP contribution is -2.27. The fourth-order valence-corrected chi connectivity index (χ4v) is 2.14. The third-order valence-corrected chi connectivity index (χ3v) is 3.49. The summed E-state index contributed by atoms with van der Waals surface area (Å²) in [4.78, 5) is 13.8. The number of halogens is 1. The van der Waals surface area contributed by atoms with Gasteiger partial charge in [-0.3, -0.25) is 4.79 Å². The van der Waals surface area contributed by atoms with Crippen molar-refractivity contribution in [2.75, 3.05) is 34.9 Å². The smallest absolute Gasteiger partial charge is 0.222 e. The maximum absolute atomic E-state index is 12.1. The Bertz CT molecular complexity index is 481.